The second-order valence-corrected chi connectivity index (χ2v) is 37.9. The number of aromatic nitrogens is 12. The van der Waals surface area contributed by atoms with E-state index >= 15 is 0 Å². The van der Waals surface area contributed by atoms with Gasteiger partial charge in [-0.2, -0.15) is 0 Å². The summed E-state index contributed by atoms with van der Waals surface area (Å²) < 4.78 is 20.5. The van der Waals surface area contributed by atoms with Gasteiger partial charge in [0.25, 0.3) is 0 Å². The van der Waals surface area contributed by atoms with Gasteiger partial charge in [-0.3, -0.25) is 15.0 Å². The Morgan fingerprint density at radius 1 is 0.207 bits per heavy atom. The Balaban J connectivity index is 0.000000108. The lowest BCUT2D eigenvalue weighted by atomic mass is 9.82. The Bertz CT molecular complexity index is 8330. The minimum atomic E-state index is 0.0533. The van der Waals surface area contributed by atoms with E-state index in [1.54, 1.807) is 12.4 Å². The highest BCUT2D eigenvalue weighted by molar-refractivity contribution is 6.05. The molecule has 150 heavy (non-hydrogen) atoms. The van der Waals surface area contributed by atoms with Crippen molar-refractivity contribution in [3.63, 3.8) is 0 Å². The molecule has 0 radical (unpaired) electrons. The molecule has 9 aromatic heterocycles. The molecule has 3 aliphatic carbocycles. The van der Waals surface area contributed by atoms with Crippen LogP contribution in [0.4, 0.5) is 34.1 Å². The second kappa shape index (κ2) is 37.3. The zero-order valence-electron chi connectivity index (χ0n) is 80.7. The molecule has 18 heteroatoms. The van der Waals surface area contributed by atoms with Gasteiger partial charge in [0.05, 0.1) is 23.8 Å². The Kier molecular flexibility index (Phi) is 21.8. The molecule has 0 spiro atoms. The van der Waals surface area contributed by atoms with Crippen molar-refractivity contribution in [2.45, 2.75) is 35.9 Å². The monoisotopic (exact) mass is 1930 g/mol. The Morgan fingerprint density at radius 3 is 0.727 bits per heavy atom. The highest BCUT2D eigenvalue weighted by Gasteiger charge is 2.48. The topological polar surface area (TPSA) is 204 Å². The smallest absolute Gasteiger partial charge is 0.164 e. The van der Waals surface area contributed by atoms with Crippen molar-refractivity contribution in [1.29, 1.82) is 0 Å². The zero-order valence-corrected chi connectivity index (χ0v) is 80.7. The third-order valence-corrected chi connectivity index (χ3v) is 29.2. The predicted octanol–water partition coefficient (Wildman–Crippen LogP) is 31.1. The molecule has 18 nitrogen and oxygen atoms in total. The third-order valence-electron chi connectivity index (χ3n) is 29.2. The molecule has 3 aliphatic heterocycles. The maximum absolute atomic E-state index is 6.83. The third kappa shape index (κ3) is 15.6. The molecule has 0 saturated carbocycles. The lowest BCUT2D eigenvalue weighted by Crippen LogP contribution is -2.30. The summed E-state index contributed by atoms with van der Waals surface area (Å²) in [5.41, 5.74) is 30.7. The summed E-state index contributed by atoms with van der Waals surface area (Å²) in [6.07, 6.45) is 22.5. The fourth-order valence-corrected chi connectivity index (χ4v) is 22.6. The van der Waals surface area contributed by atoms with Crippen molar-refractivity contribution in [1.82, 2.24) is 59.8 Å². The minimum absolute atomic E-state index is 0.0533. The number of rotatable bonds is 15. The number of hydrogen-bond donors (Lipinski definition) is 0. The number of hydrogen-bond acceptors (Lipinski definition) is 18. The SMILES string of the molecule is C1=CC2C(c3ccccc3N2c2ccccc2)c2c1oc1c(-c3ccccn3)cc(-c3nc(-c4ccccc4)nc(-c4ccccc4)n3)cc21.C1=CC2C(c3ccccc3N2c2ccccc2)c2c1oc1c(-c3cccnc3)cc(-c3nc(-c4ccccc4)nc(-c4ccccc4)n3)cc21.C1=CC2C(c3ccccc3N2c2ccccc2)c2c1oc1c(-c3cccnc3)cc(-c3nc(-c4ccccc4)nc(-c4ccccc4)n3)cc21. The van der Waals surface area contributed by atoms with Crippen molar-refractivity contribution < 1.29 is 13.3 Å². The van der Waals surface area contributed by atoms with Crippen molar-refractivity contribution in [2.75, 3.05) is 14.7 Å². The molecule has 6 atom stereocenters. The van der Waals surface area contributed by atoms with Crippen LogP contribution in [0.15, 0.2) is 487 Å². The number of fused-ring (bicyclic) bond motifs is 21. The average Bonchev–Trinajstić information content (AvgIpc) is 1.56. The second-order valence-electron chi connectivity index (χ2n) is 37.9. The summed E-state index contributed by atoms with van der Waals surface area (Å²) in [5, 5.41) is 3.12. The Morgan fingerprint density at radius 2 is 0.453 bits per heavy atom. The lowest BCUT2D eigenvalue weighted by molar-refractivity contribution is 0.584. The molecule has 12 heterocycles. The fourth-order valence-electron chi connectivity index (χ4n) is 22.6. The first-order valence-corrected chi connectivity index (χ1v) is 50.4. The molecule has 708 valence electrons. The Labute approximate surface area is 863 Å². The highest BCUT2D eigenvalue weighted by atomic mass is 16.3. The van der Waals surface area contributed by atoms with Crippen molar-refractivity contribution in [3.05, 3.63) is 525 Å². The van der Waals surface area contributed by atoms with Gasteiger partial charge in [-0.05, 0) is 150 Å². The van der Waals surface area contributed by atoms with Crippen LogP contribution in [-0.4, -0.2) is 77.9 Å². The van der Waals surface area contributed by atoms with Gasteiger partial charge in [0.15, 0.2) is 52.4 Å². The van der Waals surface area contributed by atoms with Gasteiger partial charge in [0.2, 0.25) is 0 Å². The van der Waals surface area contributed by atoms with E-state index in [-0.39, 0.29) is 35.9 Å². The van der Waals surface area contributed by atoms with Gasteiger partial charge in [-0.15, -0.1) is 0 Å². The van der Waals surface area contributed by atoms with Crippen LogP contribution >= 0.6 is 0 Å². The summed E-state index contributed by atoms with van der Waals surface area (Å²) in [5.74, 6) is 8.30. The van der Waals surface area contributed by atoms with Gasteiger partial charge >= 0.3 is 0 Å². The zero-order chi connectivity index (χ0) is 99.1. The number of benzene rings is 15. The molecule has 0 bridgehead atoms. The van der Waals surface area contributed by atoms with Crippen LogP contribution in [0.2, 0.25) is 0 Å². The molecular formula is C132H87N15O3. The van der Waals surface area contributed by atoms with E-state index in [1.807, 2.05) is 231 Å². The van der Waals surface area contributed by atoms with Gasteiger partial charge in [-0.1, -0.05) is 328 Å². The molecule has 6 unspecified atom stereocenters. The summed E-state index contributed by atoms with van der Waals surface area (Å²) >= 11 is 0. The van der Waals surface area contributed by atoms with Crippen LogP contribution in [0, 0.1) is 0 Å². The van der Waals surface area contributed by atoms with Crippen LogP contribution < -0.4 is 14.7 Å². The van der Waals surface area contributed by atoms with E-state index in [0.717, 1.165) is 156 Å². The van der Waals surface area contributed by atoms with Crippen LogP contribution in [-0.2, 0) is 0 Å². The lowest BCUT2D eigenvalue weighted by Gasteiger charge is -2.30. The Hall–Kier alpha value is -20.0. The molecule has 15 aromatic carbocycles. The number of furan rings is 3. The maximum Gasteiger partial charge on any atom is 0.164 e. The maximum atomic E-state index is 6.83. The van der Waals surface area contributed by atoms with Gasteiger partial charge in [-0.25, -0.2) is 44.9 Å². The molecule has 0 amide bonds. The van der Waals surface area contributed by atoms with E-state index in [9.17, 15) is 0 Å². The average molecular weight is 1930 g/mol. The fraction of sp³-hybridized carbons (Fsp3) is 0.0455. The van der Waals surface area contributed by atoms with E-state index < -0.39 is 0 Å². The van der Waals surface area contributed by atoms with Gasteiger partial charge < -0.3 is 28.0 Å². The molecule has 24 aromatic rings. The van der Waals surface area contributed by atoms with Gasteiger partial charge in [0, 0.05) is 194 Å². The van der Waals surface area contributed by atoms with E-state index in [0.29, 0.717) is 52.4 Å². The van der Waals surface area contributed by atoms with Crippen molar-refractivity contribution >= 4 is 85.3 Å². The van der Waals surface area contributed by atoms with Crippen LogP contribution in [0.1, 0.15) is 68.4 Å². The standard InChI is InChI=1S/3C44H29N5O/c1-4-14-28(15-5-1)42-46-43(29-16-6-2-7-17-29)48-44(47-42)30-26-33(35-21-12-13-25-45-35)41-34(27-30)40-38(50-41)24-23-37-39(40)32-20-10-11-22-36(32)49(37)31-18-8-3-9-19-31;2*1-4-13-28(14-5-1)42-46-43(29-15-6-2-7-16-29)48-44(47-42)31-25-34(30-17-12-24-45-27-30)41-35(26-31)40-38(50-41)23-22-37-39(40)33-20-10-11-21-36(33)49(37)32-18-8-3-9-19-32/h3*1-27,37,39H. The molecule has 0 saturated heterocycles. The quantitative estimate of drug-likeness (QED) is 0.0936. The molecule has 6 aliphatic rings. The van der Waals surface area contributed by atoms with Crippen LogP contribution in [0.3, 0.4) is 0 Å². The molecule has 0 N–H and O–H groups in total. The van der Waals surface area contributed by atoms with Crippen LogP contribution in [0.5, 0.6) is 0 Å². The van der Waals surface area contributed by atoms with Crippen molar-refractivity contribution in [3.8, 4) is 136 Å². The van der Waals surface area contributed by atoms with E-state index in [4.69, 9.17) is 63.1 Å². The largest absolute Gasteiger partial charge is 0.456 e. The first-order chi connectivity index (χ1) is 74.4. The highest BCUT2D eigenvalue weighted by Crippen LogP contribution is 2.60. The number of pyridine rings is 3. The van der Waals surface area contributed by atoms with E-state index in [2.05, 4.69) is 273 Å². The normalized spacial score (nSPS) is 15.9. The van der Waals surface area contributed by atoms with Gasteiger partial charge in [0.1, 0.15) is 34.0 Å². The molecule has 30 rings (SSSR count). The predicted molar refractivity (Wildman–Crippen MR) is 596 cm³/mol. The minimum Gasteiger partial charge on any atom is -0.456 e. The number of nitrogens with zero attached hydrogens (tertiary/aromatic N) is 15. The van der Waals surface area contributed by atoms with E-state index in [1.165, 1.54) is 44.9 Å². The summed E-state index contributed by atoms with van der Waals surface area (Å²) in [4.78, 5) is 66.5. The first kappa shape index (κ1) is 87.8. The van der Waals surface area contributed by atoms with Crippen molar-refractivity contribution in [2.24, 2.45) is 0 Å². The molecular weight excluding hydrogens is 1840 g/mol. The first-order valence-electron chi connectivity index (χ1n) is 50.4. The summed E-state index contributed by atoms with van der Waals surface area (Å²) in [6, 6.07) is 146. The summed E-state index contributed by atoms with van der Waals surface area (Å²) in [7, 11) is 0. The number of anilines is 6. The van der Waals surface area contributed by atoms with Crippen LogP contribution in [0.25, 0.3) is 187 Å². The molecule has 0 fully saturated rings. The summed E-state index contributed by atoms with van der Waals surface area (Å²) in [6.45, 7) is 0. The number of para-hydroxylation sites is 6.